The highest BCUT2D eigenvalue weighted by Crippen LogP contribution is 2.26. The van der Waals surface area contributed by atoms with Gasteiger partial charge < -0.3 is 10.4 Å². The minimum absolute atomic E-state index is 0.0109. The maximum atomic E-state index is 12.0. The number of amides is 1. The van der Waals surface area contributed by atoms with Crippen LogP contribution in [0.5, 0.6) is 0 Å². The zero-order valence-electron chi connectivity index (χ0n) is 13.6. The first kappa shape index (κ1) is 17.4. The van der Waals surface area contributed by atoms with Gasteiger partial charge in [0, 0.05) is 6.54 Å². The highest BCUT2D eigenvalue weighted by atomic mass is 32.2. The fourth-order valence-electron chi connectivity index (χ4n) is 2.70. The summed E-state index contributed by atoms with van der Waals surface area (Å²) in [4.78, 5) is 12.0. The molecule has 1 aromatic carbocycles. The van der Waals surface area contributed by atoms with Gasteiger partial charge in [0.05, 0.1) is 12.0 Å². The Morgan fingerprint density at radius 1 is 1.23 bits per heavy atom. The quantitative estimate of drug-likeness (QED) is 0.847. The summed E-state index contributed by atoms with van der Waals surface area (Å²) in [6.45, 7) is 4.78. The van der Waals surface area contributed by atoms with Gasteiger partial charge in [0.25, 0.3) is 0 Å². The Balaban J connectivity index is 1.79. The summed E-state index contributed by atoms with van der Waals surface area (Å²) < 4.78 is 0. The number of carbonyl (C=O) groups is 1. The lowest BCUT2D eigenvalue weighted by atomic mass is 9.96. The summed E-state index contributed by atoms with van der Waals surface area (Å²) in [5, 5.41) is 13.3. The molecule has 0 radical (unpaired) electrons. The molecule has 1 aliphatic rings. The first-order valence-electron chi connectivity index (χ1n) is 8.11. The average Bonchev–Trinajstić information content (AvgIpc) is 2.48. The number of hydrogen-bond acceptors (Lipinski definition) is 3. The molecule has 0 atom stereocenters. The van der Waals surface area contributed by atoms with Gasteiger partial charge >= 0.3 is 0 Å². The SMILES string of the molecule is CC(C)Cc1ccc(CC(=O)NCC2(O)CCSCC2)cc1. The van der Waals surface area contributed by atoms with E-state index in [4.69, 9.17) is 0 Å². The number of benzene rings is 1. The number of thioether (sulfide) groups is 1. The Morgan fingerprint density at radius 3 is 2.41 bits per heavy atom. The lowest BCUT2D eigenvalue weighted by molar-refractivity contribution is -0.121. The van der Waals surface area contributed by atoms with Crippen LogP contribution in [0, 0.1) is 5.92 Å². The monoisotopic (exact) mass is 321 g/mol. The van der Waals surface area contributed by atoms with Crippen molar-refractivity contribution in [3.8, 4) is 0 Å². The highest BCUT2D eigenvalue weighted by molar-refractivity contribution is 7.99. The summed E-state index contributed by atoms with van der Waals surface area (Å²) in [5.74, 6) is 2.58. The fraction of sp³-hybridized carbons (Fsp3) is 0.611. The molecule has 1 aromatic rings. The van der Waals surface area contributed by atoms with Gasteiger partial charge in [-0.3, -0.25) is 4.79 Å². The van der Waals surface area contributed by atoms with Crippen LogP contribution >= 0.6 is 11.8 Å². The third kappa shape index (κ3) is 5.65. The van der Waals surface area contributed by atoms with E-state index in [0.29, 0.717) is 18.9 Å². The first-order chi connectivity index (χ1) is 10.5. The van der Waals surface area contributed by atoms with E-state index < -0.39 is 5.60 Å². The molecule has 0 saturated carbocycles. The molecule has 2 N–H and O–H groups in total. The van der Waals surface area contributed by atoms with E-state index in [2.05, 4.69) is 31.3 Å². The Bertz CT molecular complexity index is 478. The predicted molar refractivity (Wildman–Crippen MR) is 93.2 cm³/mol. The van der Waals surface area contributed by atoms with Crippen LogP contribution in [0.2, 0.25) is 0 Å². The van der Waals surface area contributed by atoms with E-state index in [9.17, 15) is 9.90 Å². The second kappa shape index (κ2) is 8.02. The molecular formula is C18H27NO2S. The second-order valence-corrected chi connectivity index (χ2v) is 7.93. The molecule has 1 saturated heterocycles. The third-order valence-electron chi connectivity index (χ3n) is 4.07. The lowest BCUT2D eigenvalue weighted by Crippen LogP contribution is -2.45. The fourth-order valence-corrected chi connectivity index (χ4v) is 3.96. The minimum atomic E-state index is -0.706. The molecule has 2 rings (SSSR count). The predicted octanol–water partition coefficient (Wildman–Crippen LogP) is 2.80. The molecule has 3 nitrogen and oxygen atoms in total. The van der Waals surface area contributed by atoms with Gasteiger partial charge in [-0.05, 0) is 47.8 Å². The molecule has 0 spiro atoms. The Kier molecular flexibility index (Phi) is 6.33. The molecule has 122 valence electrons. The second-order valence-electron chi connectivity index (χ2n) is 6.70. The van der Waals surface area contributed by atoms with Crippen molar-refractivity contribution >= 4 is 17.7 Å². The Hall–Kier alpha value is -1.00. The summed E-state index contributed by atoms with van der Waals surface area (Å²) >= 11 is 1.87. The van der Waals surface area contributed by atoms with Gasteiger partial charge in [0.1, 0.15) is 0 Å². The molecule has 0 unspecified atom stereocenters. The van der Waals surface area contributed by atoms with Gasteiger partial charge in [-0.15, -0.1) is 0 Å². The summed E-state index contributed by atoms with van der Waals surface area (Å²) in [7, 11) is 0. The molecular weight excluding hydrogens is 294 g/mol. The maximum Gasteiger partial charge on any atom is 0.224 e. The van der Waals surface area contributed by atoms with Crippen LogP contribution in [0.1, 0.15) is 37.8 Å². The van der Waals surface area contributed by atoms with Gasteiger partial charge in [-0.2, -0.15) is 11.8 Å². The number of nitrogens with one attached hydrogen (secondary N) is 1. The molecule has 1 amide bonds. The number of hydrogen-bond donors (Lipinski definition) is 2. The van der Waals surface area contributed by atoms with E-state index in [1.165, 1.54) is 5.56 Å². The number of aliphatic hydroxyl groups is 1. The van der Waals surface area contributed by atoms with Crippen LogP contribution in [-0.4, -0.2) is 34.7 Å². The van der Waals surface area contributed by atoms with Crippen LogP contribution in [0.4, 0.5) is 0 Å². The lowest BCUT2D eigenvalue weighted by Gasteiger charge is -2.31. The van der Waals surface area contributed by atoms with Crippen molar-refractivity contribution in [2.24, 2.45) is 5.92 Å². The van der Waals surface area contributed by atoms with Crippen LogP contribution in [-0.2, 0) is 17.6 Å². The van der Waals surface area contributed by atoms with Crippen molar-refractivity contribution < 1.29 is 9.90 Å². The molecule has 1 aliphatic heterocycles. The van der Waals surface area contributed by atoms with Crippen LogP contribution < -0.4 is 5.32 Å². The smallest absolute Gasteiger partial charge is 0.224 e. The molecule has 22 heavy (non-hydrogen) atoms. The van der Waals surface area contributed by atoms with E-state index in [1.807, 2.05) is 23.9 Å². The van der Waals surface area contributed by atoms with E-state index in [0.717, 1.165) is 36.3 Å². The summed E-state index contributed by atoms with van der Waals surface area (Å²) in [5.41, 5.74) is 1.63. The zero-order chi connectivity index (χ0) is 16.0. The maximum absolute atomic E-state index is 12.0. The Labute approximate surface area is 137 Å². The molecule has 1 heterocycles. The van der Waals surface area contributed by atoms with Gasteiger partial charge in [0.2, 0.25) is 5.91 Å². The van der Waals surface area contributed by atoms with Crippen molar-refractivity contribution in [3.63, 3.8) is 0 Å². The minimum Gasteiger partial charge on any atom is -0.388 e. The van der Waals surface area contributed by atoms with Crippen molar-refractivity contribution in [1.82, 2.24) is 5.32 Å². The molecule has 0 aromatic heterocycles. The van der Waals surface area contributed by atoms with Crippen LogP contribution in [0.3, 0.4) is 0 Å². The van der Waals surface area contributed by atoms with E-state index in [-0.39, 0.29) is 5.91 Å². The van der Waals surface area contributed by atoms with Crippen LogP contribution in [0.15, 0.2) is 24.3 Å². The standard InChI is InChI=1S/C18H27NO2S/c1-14(2)11-15-3-5-16(6-4-15)12-17(20)19-13-18(21)7-9-22-10-8-18/h3-6,14,21H,7-13H2,1-2H3,(H,19,20). The topological polar surface area (TPSA) is 49.3 Å². The normalized spacial score (nSPS) is 17.5. The first-order valence-corrected chi connectivity index (χ1v) is 9.27. The molecule has 0 aliphatic carbocycles. The van der Waals surface area contributed by atoms with Gasteiger partial charge in [-0.25, -0.2) is 0 Å². The van der Waals surface area contributed by atoms with Gasteiger partial charge in [-0.1, -0.05) is 38.1 Å². The van der Waals surface area contributed by atoms with Gasteiger partial charge in [0.15, 0.2) is 0 Å². The number of rotatable bonds is 6. The molecule has 0 bridgehead atoms. The van der Waals surface area contributed by atoms with Crippen molar-refractivity contribution in [2.75, 3.05) is 18.1 Å². The average molecular weight is 321 g/mol. The highest BCUT2D eigenvalue weighted by Gasteiger charge is 2.29. The van der Waals surface area contributed by atoms with E-state index in [1.54, 1.807) is 0 Å². The van der Waals surface area contributed by atoms with E-state index >= 15 is 0 Å². The van der Waals surface area contributed by atoms with Crippen LogP contribution in [0.25, 0.3) is 0 Å². The third-order valence-corrected chi connectivity index (χ3v) is 5.06. The Morgan fingerprint density at radius 2 is 1.82 bits per heavy atom. The molecule has 4 heteroatoms. The summed E-state index contributed by atoms with van der Waals surface area (Å²) in [6.07, 6.45) is 2.98. The molecule has 1 fully saturated rings. The summed E-state index contributed by atoms with van der Waals surface area (Å²) in [6, 6.07) is 8.27. The zero-order valence-corrected chi connectivity index (χ0v) is 14.4. The largest absolute Gasteiger partial charge is 0.388 e. The number of carbonyl (C=O) groups excluding carboxylic acids is 1. The van der Waals surface area contributed by atoms with Crippen molar-refractivity contribution in [1.29, 1.82) is 0 Å². The van der Waals surface area contributed by atoms with Crippen molar-refractivity contribution in [3.05, 3.63) is 35.4 Å². The van der Waals surface area contributed by atoms with Crippen molar-refractivity contribution in [2.45, 2.75) is 45.1 Å².